The zero-order valence-electron chi connectivity index (χ0n) is 14.5. The molecular formula is C21H21N3O. The van der Waals surface area contributed by atoms with Gasteiger partial charge in [0, 0.05) is 37.0 Å². The Morgan fingerprint density at radius 3 is 2.68 bits per heavy atom. The van der Waals surface area contributed by atoms with Gasteiger partial charge in [0.25, 0.3) is 0 Å². The molecule has 0 saturated carbocycles. The molecule has 126 valence electrons. The monoisotopic (exact) mass is 331 g/mol. The summed E-state index contributed by atoms with van der Waals surface area (Å²) in [5, 5.41) is 9.31. The van der Waals surface area contributed by atoms with Crippen LogP contribution in [0.3, 0.4) is 0 Å². The van der Waals surface area contributed by atoms with E-state index in [1.165, 1.54) is 10.3 Å². The van der Waals surface area contributed by atoms with Crippen LogP contribution in [-0.2, 0) is 10.2 Å². The Morgan fingerprint density at radius 2 is 1.88 bits per heavy atom. The van der Waals surface area contributed by atoms with Gasteiger partial charge in [0.1, 0.15) is 5.84 Å². The Bertz CT molecular complexity index is 967. The number of hydrogen-bond donors (Lipinski definition) is 2. The second-order valence-corrected chi connectivity index (χ2v) is 7.17. The molecular weight excluding hydrogens is 310 g/mol. The zero-order valence-corrected chi connectivity index (χ0v) is 14.5. The number of fused-ring (bicyclic) bond motifs is 1. The third kappa shape index (κ3) is 2.64. The van der Waals surface area contributed by atoms with Crippen LogP contribution in [0.15, 0.2) is 54.7 Å². The van der Waals surface area contributed by atoms with Crippen molar-refractivity contribution < 1.29 is 4.79 Å². The fourth-order valence-electron chi connectivity index (χ4n) is 3.66. The Labute approximate surface area is 147 Å². The van der Waals surface area contributed by atoms with Gasteiger partial charge < -0.3 is 9.88 Å². The summed E-state index contributed by atoms with van der Waals surface area (Å²) >= 11 is 0. The Balaban J connectivity index is 1.74. The van der Waals surface area contributed by atoms with E-state index in [0.29, 0.717) is 18.7 Å². The van der Waals surface area contributed by atoms with Crippen LogP contribution in [0, 0.1) is 5.41 Å². The predicted octanol–water partition coefficient (Wildman–Crippen LogP) is 4.32. The third-order valence-corrected chi connectivity index (χ3v) is 5.32. The lowest BCUT2D eigenvalue weighted by Crippen LogP contribution is -2.46. The van der Waals surface area contributed by atoms with E-state index in [1.54, 1.807) is 7.05 Å². The fourth-order valence-corrected chi connectivity index (χ4v) is 3.66. The van der Waals surface area contributed by atoms with Gasteiger partial charge in [0.15, 0.2) is 0 Å². The van der Waals surface area contributed by atoms with E-state index in [-0.39, 0.29) is 11.3 Å². The molecule has 4 rings (SSSR count). The largest absolute Gasteiger partial charge is 0.361 e. The Hall–Kier alpha value is -2.88. The summed E-state index contributed by atoms with van der Waals surface area (Å²) < 4.78 is 0. The molecule has 2 N–H and O–H groups in total. The van der Waals surface area contributed by atoms with Gasteiger partial charge >= 0.3 is 0 Å². The molecule has 1 aromatic heterocycles. The van der Waals surface area contributed by atoms with Crippen LogP contribution in [-0.4, -0.2) is 28.7 Å². The number of nitrogens with one attached hydrogen (secondary N) is 2. The van der Waals surface area contributed by atoms with E-state index in [9.17, 15) is 4.79 Å². The van der Waals surface area contributed by atoms with E-state index >= 15 is 0 Å². The van der Waals surface area contributed by atoms with E-state index in [1.807, 2.05) is 12.3 Å². The first-order valence-corrected chi connectivity index (χ1v) is 8.48. The van der Waals surface area contributed by atoms with Crippen molar-refractivity contribution in [2.45, 2.75) is 25.2 Å². The molecule has 2 heterocycles. The van der Waals surface area contributed by atoms with Crippen molar-refractivity contribution in [1.29, 1.82) is 5.41 Å². The summed E-state index contributed by atoms with van der Waals surface area (Å²) in [6, 6.07) is 16.8. The highest BCUT2D eigenvalue weighted by Gasteiger charge is 2.38. The minimum absolute atomic E-state index is 0.0119. The molecule has 3 aromatic rings. The summed E-state index contributed by atoms with van der Waals surface area (Å²) in [4.78, 5) is 16.9. The number of likely N-dealkylation sites (tertiary alicyclic amines) is 1. The predicted molar refractivity (Wildman–Crippen MR) is 101 cm³/mol. The molecule has 0 unspecified atom stereocenters. The molecule has 1 aliphatic rings. The highest BCUT2D eigenvalue weighted by atomic mass is 16.2. The summed E-state index contributed by atoms with van der Waals surface area (Å²) in [7, 11) is 1.69. The molecule has 1 fully saturated rings. The van der Waals surface area contributed by atoms with Crippen molar-refractivity contribution >= 4 is 22.6 Å². The summed E-state index contributed by atoms with van der Waals surface area (Å²) in [5.74, 6) is 0.399. The normalized spacial score (nSPS) is 21.1. The number of amidine groups is 1. The van der Waals surface area contributed by atoms with Crippen LogP contribution < -0.4 is 0 Å². The van der Waals surface area contributed by atoms with Crippen molar-refractivity contribution in [1.82, 2.24) is 9.88 Å². The maximum absolute atomic E-state index is 12.2. The minimum Gasteiger partial charge on any atom is -0.361 e. The smallest absolute Gasteiger partial charge is 0.228 e. The number of benzene rings is 2. The average molecular weight is 331 g/mol. The van der Waals surface area contributed by atoms with Gasteiger partial charge in [-0.05, 0) is 40.3 Å². The summed E-state index contributed by atoms with van der Waals surface area (Å²) in [6.07, 6.45) is 2.96. The van der Waals surface area contributed by atoms with Crippen LogP contribution in [0.1, 0.15) is 25.3 Å². The van der Waals surface area contributed by atoms with E-state index in [0.717, 1.165) is 22.2 Å². The Kier molecular flexibility index (Phi) is 3.49. The number of rotatable bonds is 2. The van der Waals surface area contributed by atoms with Gasteiger partial charge in [-0.1, -0.05) is 37.3 Å². The molecule has 0 spiro atoms. The van der Waals surface area contributed by atoms with Gasteiger partial charge in [-0.25, -0.2) is 0 Å². The first-order chi connectivity index (χ1) is 12.0. The topological polar surface area (TPSA) is 60.0 Å². The number of aromatic amines is 1. The number of amides is 1. The fraction of sp³-hybridized carbons (Fsp3) is 0.238. The molecule has 1 aliphatic heterocycles. The molecule has 0 bridgehead atoms. The lowest BCUT2D eigenvalue weighted by molar-refractivity contribution is -0.128. The highest BCUT2D eigenvalue weighted by Crippen LogP contribution is 2.37. The van der Waals surface area contributed by atoms with Gasteiger partial charge in [-0.15, -0.1) is 0 Å². The minimum atomic E-state index is -0.325. The number of hydrogen-bond acceptors (Lipinski definition) is 2. The van der Waals surface area contributed by atoms with Gasteiger partial charge in [-0.3, -0.25) is 10.2 Å². The van der Waals surface area contributed by atoms with Crippen LogP contribution in [0.25, 0.3) is 22.0 Å². The summed E-state index contributed by atoms with van der Waals surface area (Å²) in [5.41, 5.74) is 4.22. The standard InChI is InChI=1S/C21H21N3O/c1-21(12-19(22)24(2)20(25)13-21)17-5-3-4-14(11-17)15-6-7-18-16(10-15)8-9-23-18/h3-11,22-23H,12-13H2,1-2H3/t21-/m0/s1. The van der Waals surface area contributed by atoms with Crippen molar-refractivity contribution in [3.63, 3.8) is 0 Å². The highest BCUT2D eigenvalue weighted by molar-refractivity contribution is 6.00. The quantitative estimate of drug-likeness (QED) is 0.722. The number of aromatic nitrogens is 1. The second-order valence-electron chi connectivity index (χ2n) is 7.17. The zero-order chi connectivity index (χ0) is 17.6. The number of piperidine rings is 1. The number of nitrogens with zero attached hydrogens (tertiary/aromatic N) is 1. The van der Waals surface area contributed by atoms with Crippen molar-refractivity contribution in [2.75, 3.05) is 7.05 Å². The SMILES string of the molecule is CN1C(=N)C[C@](C)(c2cccc(-c3ccc4[nH]ccc4c3)c2)CC1=O. The molecule has 2 aromatic carbocycles. The molecule has 0 radical (unpaired) electrons. The second kappa shape index (κ2) is 5.59. The average Bonchev–Trinajstić information content (AvgIpc) is 3.07. The van der Waals surface area contributed by atoms with E-state index in [4.69, 9.17) is 5.41 Å². The third-order valence-electron chi connectivity index (χ3n) is 5.32. The van der Waals surface area contributed by atoms with Crippen molar-refractivity contribution in [2.24, 2.45) is 0 Å². The van der Waals surface area contributed by atoms with Crippen LogP contribution in [0.5, 0.6) is 0 Å². The Morgan fingerprint density at radius 1 is 1.08 bits per heavy atom. The maximum Gasteiger partial charge on any atom is 0.228 e. The van der Waals surface area contributed by atoms with Gasteiger partial charge in [0.2, 0.25) is 5.91 Å². The van der Waals surface area contributed by atoms with Crippen LogP contribution in [0.2, 0.25) is 0 Å². The number of H-pyrrole nitrogens is 1. The van der Waals surface area contributed by atoms with Crippen LogP contribution in [0.4, 0.5) is 0 Å². The van der Waals surface area contributed by atoms with Crippen LogP contribution >= 0.6 is 0 Å². The molecule has 1 saturated heterocycles. The molecule has 25 heavy (non-hydrogen) atoms. The number of carbonyl (C=O) groups excluding carboxylic acids is 1. The molecule has 1 amide bonds. The molecule has 1 atom stereocenters. The van der Waals surface area contributed by atoms with Gasteiger partial charge in [-0.2, -0.15) is 0 Å². The van der Waals surface area contributed by atoms with Crippen molar-refractivity contribution in [3.05, 3.63) is 60.3 Å². The summed E-state index contributed by atoms with van der Waals surface area (Å²) in [6.45, 7) is 2.08. The van der Waals surface area contributed by atoms with E-state index < -0.39 is 0 Å². The first kappa shape index (κ1) is 15.6. The lowest BCUT2D eigenvalue weighted by atomic mass is 9.73. The lowest BCUT2D eigenvalue weighted by Gasteiger charge is -2.38. The van der Waals surface area contributed by atoms with Crippen molar-refractivity contribution in [3.8, 4) is 11.1 Å². The molecule has 4 heteroatoms. The number of carbonyl (C=O) groups is 1. The molecule has 4 nitrogen and oxygen atoms in total. The molecule has 0 aliphatic carbocycles. The van der Waals surface area contributed by atoms with Gasteiger partial charge in [0.05, 0.1) is 0 Å². The first-order valence-electron chi connectivity index (χ1n) is 8.48. The van der Waals surface area contributed by atoms with E-state index in [2.05, 4.69) is 54.4 Å². The maximum atomic E-state index is 12.2.